The van der Waals surface area contributed by atoms with Crippen molar-refractivity contribution < 1.29 is 9.72 Å². The zero-order valence-corrected chi connectivity index (χ0v) is 15.8. The van der Waals surface area contributed by atoms with Gasteiger partial charge in [0.15, 0.2) is 4.34 Å². The van der Waals surface area contributed by atoms with Gasteiger partial charge in [-0.3, -0.25) is 14.9 Å². The number of anilines is 3. The summed E-state index contributed by atoms with van der Waals surface area (Å²) in [6.07, 6.45) is 0. The van der Waals surface area contributed by atoms with Gasteiger partial charge >= 0.3 is 0 Å². The summed E-state index contributed by atoms with van der Waals surface area (Å²) >= 11 is 2.55. The molecule has 10 heteroatoms. The largest absolute Gasteiger partial charge is 0.330 e. The van der Waals surface area contributed by atoms with Gasteiger partial charge in [-0.25, -0.2) is 0 Å². The minimum atomic E-state index is -0.512. The van der Waals surface area contributed by atoms with E-state index in [-0.39, 0.29) is 23.0 Å². The van der Waals surface area contributed by atoms with Gasteiger partial charge in [0.1, 0.15) is 5.69 Å². The predicted octanol–water partition coefficient (Wildman–Crippen LogP) is 4.23. The Morgan fingerprint density at radius 2 is 2.00 bits per heavy atom. The van der Waals surface area contributed by atoms with Crippen LogP contribution in [0, 0.1) is 17.0 Å². The summed E-state index contributed by atoms with van der Waals surface area (Å²) < 4.78 is 0.627. The molecule has 27 heavy (non-hydrogen) atoms. The maximum Gasteiger partial charge on any atom is 0.293 e. The smallest absolute Gasteiger partial charge is 0.293 e. The number of carbonyl (C=O) groups is 1. The molecule has 0 aliphatic rings. The number of benzene rings is 2. The molecule has 3 aromatic rings. The molecule has 0 saturated carbocycles. The summed E-state index contributed by atoms with van der Waals surface area (Å²) in [5, 5.41) is 25.5. The van der Waals surface area contributed by atoms with Crippen LogP contribution in [-0.2, 0) is 4.79 Å². The summed E-state index contributed by atoms with van der Waals surface area (Å²) in [5.74, 6) is -0.273. The van der Waals surface area contributed by atoms with E-state index in [1.54, 1.807) is 13.0 Å². The first-order valence-corrected chi connectivity index (χ1v) is 9.65. The number of para-hydroxylation sites is 1. The Hall–Kier alpha value is -2.98. The number of aromatic nitrogens is 2. The van der Waals surface area contributed by atoms with Crippen LogP contribution in [0.15, 0.2) is 52.9 Å². The van der Waals surface area contributed by atoms with Crippen LogP contribution in [0.5, 0.6) is 0 Å². The van der Waals surface area contributed by atoms with Crippen molar-refractivity contribution in [1.82, 2.24) is 10.2 Å². The topological polar surface area (TPSA) is 110 Å². The van der Waals surface area contributed by atoms with Crippen LogP contribution in [0.25, 0.3) is 0 Å². The molecule has 2 N–H and O–H groups in total. The second kappa shape index (κ2) is 8.60. The Bertz CT molecular complexity index is 962. The fraction of sp³-hybridized carbons (Fsp3) is 0.118. The Labute approximate surface area is 163 Å². The van der Waals surface area contributed by atoms with E-state index in [2.05, 4.69) is 20.8 Å². The number of carbonyl (C=O) groups excluding carboxylic acids is 1. The lowest BCUT2D eigenvalue weighted by atomic mass is 10.2. The number of hydrogen-bond donors (Lipinski definition) is 2. The minimum absolute atomic E-state index is 0.0744. The third-order valence-electron chi connectivity index (χ3n) is 3.38. The summed E-state index contributed by atoms with van der Waals surface area (Å²) in [4.78, 5) is 22.7. The lowest BCUT2D eigenvalue weighted by molar-refractivity contribution is -0.384. The first kappa shape index (κ1) is 18.8. The standard InChI is InChI=1S/C17H15N5O3S2/c1-11-7-8-13(14(9-11)22(24)25)19-15(23)10-26-17-21-20-16(27-17)18-12-5-3-2-4-6-12/h2-9H,10H2,1H3,(H,18,20)(H,19,23). The van der Waals surface area contributed by atoms with Crippen LogP contribution in [0.4, 0.5) is 22.2 Å². The number of nitrogens with one attached hydrogen (secondary N) is 2. The quantitative estimate of drug-likeness (QED) is 0.346. The Balaban J connectivity index is 1.56. The predicted molar refractivity (Wildman–Crippen MR) is 107 cm³/mol. The van der Waals surface area contributed by atoms with E-state index in [1.807, 2.05) is 30.3 Å². The molecular formula is C17H15N5O3S2. The van der Waals surface area contributed by atoms with Crippen molar-refractivity contribution in [2.45, 2.75) is 11.3 Å². The number of rotatable bonds is 7. The molecule has 3 rings (SSSR count). The number of hydrogen-bond acceptors (Lipinski definition) is 8. The highest BCUT2D eigenvalue weighted by molar-refractivity contribution is 8.01. The van der Waals surface area contributed by atoms with Gasteiger partial charge in [0, 0.05) is 11.8 Å². The van der Waals surface area contributed by atoms with Crippen molar-refractivity contribution in [1.29, 1.82) is 0 Å². The van der Waals surface area contributed by atoms with Gasteiger partial charge < -0.3 is 10.6 Å². The van der Waals surface area contributed by atoms with Crippen LogP contribution >= 0.6 is 23.1 Å². The molecule has 1 aromatic heterocycles. The second-order valence-corrected chi connectivity index (χ2v) is 7.68. The van der Waals surface area contributed by atoms with E-state index in [1.165, 1.54) is 35.2 Å². The summed E-state index contributed by atoms with van der Waals surface area (Å²) in [5.41, 5.74) is 1.70. The van der Waals surface area contributed by atoms with Crippen LogP contribution in [-0.4, -0.2) is 26.8 Å². The molecule has 1 heterocycles. The van der Waals surface area contributed by atoms with Crippen molar-refractivity contribution in [3.05, 3.63) is 64.2 Å². The fourth-order valence-electron chi connectivity index (χ4n) is 2.18. The van der Waals surface area contributed by atoms with Gasteiger partial charge in [-0.15, -0.1) is 10.2 Å². The lowest BCUT2D eigenvalue weighted by Crippen LogP contribution is -2.15. The fourth-order valence-corrected chi connectivity index (χ4v) is 3.75. The minimum Gasteiger partial charge on any atom is -0.330 e. The number of thioether (sulfide) groups is 1. The van der Waals surface area contributed by atoms with Crippen molar-refractivity contribution in [3.8, 4) is 0 Å². The number of aryl methyl sites for hydroxylation is 1. The van der Waals surface area contributed by atoms with Crippen molar-refractivity contribution in [2.75, 3.05) is 16.4 Å². The molecule has 0 aliphatic heterocycles. The molecule has 0 saturated heterocycles. The number of nitro groups is 1. The van der Waals surface area contributed by atoms with Crippen LogP contribution in [0.2, 0.25) is 0 Å². The van der Waals surface area contributed by atoms with Gasteiger partial charge in [0.05, 0.1) is 10.7 Å². The maximum absolute atomic E-state index is 12.1. The van der Waals surface area contributed by atoms with Crippen molar-refractivity contribution in [3.63, 3.8) is 0 Å². The first-order chi connectivity index (χ1) is 13.0. The monoisotopic (exact) mass is 401 g/mol. The van der Waals surface area contributed by atoms with Crippen molar-refractivity contribution in [2.24, 2.45) is 0 Å². The van der Waals surface area contributed by atoms with E-state index < -0.39 is 4.92 Å². The SMILES string of the molecule is Cc1ccc(NC(=O)CSc2nnc(Nc3ccccc3)s2)c([N+](=O)[O-])c1. The highest BCUT2D eigenvalue weighted by Crippen LogP contribution is 2.29. The Morgan fingerprint density at radius 1 is 1.22 bits per heavy atom. The number of amides is 1. The average Bonchev–Trinajstić information content (AvgIpc) is 3.09. The van der Waals surface area contributed by atoms with Crippen LogP contribution in [0.1, 0.15) is 5.56 Å². The molecule has 8 nitrogen and oxygen atoms in total. The Morgan fingerprint density at radius 3 is 2.74 bits per heavy atom. The lowest BCUT2D eigenvalue weighted by Gasteiger charge is -2.05. The highest BCUT2D eigenvalue weighted by Gasteiger charge is 2.16. The van der Waals surface area contributed by atoms with Gasteiger partial charge in [-0.2, -0.15) is 0 Å². The van der Waals surface area contributed by atoms with E-state index in [4.69, 9.17) is 0 Å². The van der Waals surface area contributed by atoms with E-state index in [9.17, 15) is 14.9 Å². The molecule has 0 spiro atoms. The molecule has 0 bridgehead atoms. The van der Waals surface area contributed by atoms with E-state index in [0.717, 1.165) is 11.3 Å². The van der Waals surface area contributed by atoms with Crippen LogP contribution in [0.3, 0.4) is 0 Å². The third kappa shape index (κ3) is 5.25. The molecule has 0 unspecified atom stereocenters. The first-order valence-electron chi connectivity index (χ1n) is 7.84. The summed E-state index contributed by atoms with van der Waals surface area (Å²) in [6.45, 7) is 1.75. The normalized spacial score (nSPS) is 10.4. The molecule has 1 amide bonds. The van der Waals surface area contributed by atoms with Gasteiger partial charge in [-0.05, 0) is 30.7 Å². The molecule has 0 fully saturated rings. The van der Waals surface area contributed by atoms with E-state index in [0.29, 0.717) is 9.47 Å². The average molecular weight is 401 g/mol. The maximum atomic E-state index is 12.1. The molecular weight excluding hydrogens is 386 g/mol. The van der Waals surface area contributed by atoms with Crippen molar-refractivity contribution >= 4 is 51.2 Å². The molecule has 0 aliphatic carbocycles. The Kier molecular flexibility index (Phi) is 5.99. The molecule has 138 valence electrons. The second-order valence-electron chi connectivity index (χ2n) is 5.48. The molecule has 2 aromatic carbocycles. The van der Waals surface area contributed by atoms with Gasteiger partial charge in [-0.1, -0.05) is 47.4 Å². The van der Waals surface area contributed by atoms with Gasteiger partial charge in [0.2, 0.25) is 11.0 Å². The summed E-state index contributed by atoms with van der Waals surface area (Å²) in [6, 6.07) is 14.2. The number of nitro benzene ring substituents is 1. The number of nitrogens with zero attached hydrogens (tertiary/aromatic N) is 3. The highest BCUT2D eigenvalue weighted by atomic mass is 32.2. The zero-order chi connectivity index (χ0) is 19.2. The van der Waals surface area contributed by atoms with E-state index >= 15 is 0 Å². The zero-order valence-electron chi connectivity index (χ0n) is 14.2. The molecule has 0 atom stereocenters. The third-order valence-corrected chi connectivity index (χ3v) is 5.35. The summed E-state index contributed by atoms with van der Waals surface area (Å²) in [7, 11) is 0. The molecule has 0 radical (unpaired) electrons. The van der Waals surface area contributed by atoms with Crippen LogP contribution < -0.4 is 10.6 Å². The van der Waals surface area contributed by atoms with Gasteiger partial charge in [0.25, 0.3) is 5.69 Å².